The standard InChI is InChI=1S/C38H21N5O2.2Pd/c1-3-18-39-34(12-1)26-8-5-10-28(22-26)44-30-14-16-32-33-17-15-31(25-37(33)43(36(32)24-30)38-41-20-7-21-42-38)45-29-11-6-9-27(23-29)35-13-2-4-19-40-35;;/h1-21H;;/q-4;2*+2/i3D,4D;;. The largest absolute Gasteiger partial charge is 2.00 e. The Hall–Kier alpha value is -5.02. The van der Waals surface area contributed by atoms with Crippen LogP contribution in [0.1, 0.15) is 2.74 Å². The number of hydrogen-bond donors (Lipinski definition) is 0. The van der Waals surface area contributed by atoms with Gasteiger partial charge in [-0.1, -0.05) is 47.4 Å². The van der Waals surface area contributed by atoms with E-state index in [4.69, 9.17) is 12.2 Å². The van der Waals surface area contributed by atoms with E-state index in [0.717, 1.165) is 21.9 Å². The molecule has 0 N–H and O–H groups in total. The van der Waals surface area contributed by atoms with Crippen LogP contribution in [-0.4, -0.2) is 24.5 Å². The van der Waals surface area contributed by atoms with Crippen LogP contribution >= 0.6 is 0 Å². The van der Waals surface area contributed by atoms with Crippen molar-refractivity contribution < 1.29 is 53.1 Å². The van der Waals surface area contributed by atoms with Gasteiger partial charge in [-0.05, 0) is 29.5 Å². The van der Waals surface area contributed by atoms with Crippen molar-refractivity contribution in [3.8, 4) is 51.5 Å². The van der Waals surface area contributed by atoms with E-state index in [1.807, 2.05) is 65.2 Å². The number of pyridine rings is 2. The third-order valence-electron chi connectivity index (χ3n) is 7.05. The Balaban J connectivity index is 0.00000208. The summed E-state index contributed by atoms with van der Waals surface area (Å²) >= 11 is 0. The summed E-state index contributed by atoms with van der Waals surface area (Å²) in [5.74, 6) is 2.41. The quantitative estimate of drug-likeness (QED) is 0.119. The Bertz CT molecular complexity index is 2240. The van der Waals surface area contributed by atoms with Gasteiger partial charge >= 0.3 is 40.8 Å². The van der Waals surface area contributed by atoms with Crippen LogP contribution < -0.4 is 9.47 Å². The van der Waals surface area contributed by atoms with Gasteiger partial charge < -0.3 is 24.0 Å². The molecular weight excluding hydrogens is 771 g/mol. The van der Waals surface area contributed by atoms with Crippen LogP contribution in [0.5, 0.6) is 23.0 Å². The minimum atomic E-state index is 0. The SMILES string of the molecule is [2H]c1ccc(-c2[c-]c(Oc3[c-]c4c(cc3)c3ccc(Oc5[c-]c(-c6ccc([2H])cn6)ccc5)[c-]c3n4-c3ncccn3)ccc2)nc1.[Pd+2].[Pd+2]. The molecule has 0 aliphatic rings. The molecule has 0 aliphatic heterocycles. The van der Waals surface area contributed by atoms with Gasteiger partial charge in [0.05, 0.1) is 2.74 Å². The van der Waals surface area contributed by atoms with Gasteiger partial charge in [0.15, 0.2) is 0 Å². The molecule has 8 rings (SSSR count). The van der Waals surface area contributed by atoms with E-state index in [1.165, 1.54) is 12.4 Å². The summed E-state index contributed by atoms with van der Waals surface area (Å²) in [7, 11) is 0. The van der Waals surface area contributed by atoms with Crippen LogP contribution in [-0.2, 0) is 40.8 Å². The van der Waals surface area contributed by atoms with Gasteiger partial charge in [0.25, 0.3) is 0 Å². The number of aromatic nitrogens is 5. The minimum Gasteiger partial charge on any atom is -0.503 e. The summed E-state index contributed by atoms with van der Waals surface area (Å²) in [6.45, 7) is 0. The summed E-state index contributed by atoms with van der Waals surface area (Å²) in [5.41, 5.74) is 4.32. The Morgan fingerprint density at radius 3 is 1.45 bits per heavy atom. The minimum absolute atomic E-state index is 0. The summed E-state index contributed by atoms with van der Waals surface area (Å²) in [5, 5.41) is 1.83. The molecule has 47 heavy (non-hydrogen) atoms. The predicted molar refractivity (Wildman–Crippen MR) is 171 cm³/mol. The van der Waals surface area contributed by atoms with Crippen LogP contribution in [0.3, 0.4) is 0 Å². The zero-order chi connectivity index (χ0) is 31.7. The van der Waals surface area contributed by atoms with Crippen molar-refractivity contribution in [1.82, 2.24) is 24.5 Å². The first kappa shape index (κ1) is 29.4. The molecule has 0 fully saturated rings. The Morgan fingerprint density at radius 2 is 0.979 bits per heavy atom. The van der Waals surface area contributed by atoms with Crippen molar-refractivity contribution in [2.24, 2.45) is 0 Å². The van der Waals surface area contributed by atoms with E-state index in [-0.39, 0.29) is 40.8 Å². The average Bonchev–Trinajstić information content (AvgIpc) is 3.42. The van der Waals surface area contributed by atoms with Gasteiger partial charge in [-0.3, -0.25) is 0 Å². The van der Waals surface area contributed by atoms with Crippen molar-refractivity contribution in [3.63, 3.8) is 0 Å². The maximum absolute atomic E-state index is 7.71. The maximum atomic E-state index is 7.71. The first-order valence-electron chi connectivity index (χ1n) is 15.0. The summed E-state index contributed by atoms with van der Waals surface area (Å²) in [6, 6.07) is 41.6. The Morgan fingerprint density at radius 1 is 0.489 bits per heavy atom. The molecule has 0 saturated heterocycles. The van der Waals surface area contributed by atoms with Crippen molar-refractivity contribution in [3.05, 3.63) is 152 Å². The van der Waals surface area contributed by atoms with Gasteiger partial charge in [-0.15, -0.1) is 71.8 Å². The molecule has 0 spiro atoms. The van der Waals surface area contributed by atoms with Crippen molar-refractivity contribution in [2.45, 2.75) is 0 Å². The van der Waals surface area contributed by atoms with Crippen molar-refractivity contribution in [2.75, 3.05) is 0 Å². The van der Waals surface area contributed by atoms with Crippen LogP contribution in [0.25, 0.3) is 50.3 Å². The summed E-state index contributed by atoms with van der Waals surface area (Å²) < 4.78 is 29.8. The third-order valence-corrected chi connectivity index (χ3v) is 7.05. The first-order chi connectivity index (χ1) is 23.1. The van der Waals surface area contributed by atoms with Gasteiger partial charge in [0.1, 0.15) is 0 Å². The number of rotatable bonds is 7. The second kappa shape index (κ2) is 14.2. The predicted octanol–water partition coefficient (Wildman–Crippen LogP) is 8.48. The second-order valence-electron chi connectivity index (χ2n) is 9.90. The molecular formula is C38H21N5O2Pd2. The van der Waals surface area contributed by atoms with Gasteiger partial charge in [0.2, 0.25) is 5.95 Å². The molecule has 4 heterocycles. The molecule has 9 heteroatoms. The summed E-state index contributed by atoms with van der Waals surface area (Å²) in [4.78, 5) is 17.7. The molecule has 0 amide bonds. The molecule has 230 valence electrons. The Labute approximate surface area is 301 Å². The number of nitrogens with zero attached hydrogens (tertiary/aromatic N) is 5. The molecule has 0 radical (unpaired) electrons. The van der Waals surface area contributed by atoms with E-state index in [0.29, 0.717) is 63.5 Å². The van der Waals surface area contributed by atoms with Crippen LogP contribution in [0, 0.1) is 24.3 Å². The molecule has 4 aromatic heterocycles. The summed E-state index contributed by atoms with van der Waals surface area (Å²) in [6.07, 6.45) is 6.38. The molecule has 0 unspecified atom stereocenters. The van der Waals surface area contributed by atoms with Crippen LogP contribution in [0.2, 0.25) is 0 Å². The fourth-order valence-electron chi connectivity index (χ4n) is 5.06. The third kappa shape index (κ3) is 6.62. The average molecular weight is 794 g/mol. The van der Waals surface area contributed by atoms with Crippen molar-refractivity contribution >= 4 is 21.8 Å². The molecule has 0 saturated carbocycles. The zero-order valence-electron chi connectivity index (χ0n) is 26.2. The van der Waals surface area contributed by atoms with E-state index < -0.39 is 0 Å². The van der Waals surface area contributed by atoms with Crippen LogP contribution in [0.4, 0.5) is 0 Å². The normalized spacial score (nSPS) is 11.2. The van der Waals surface area contributed by atoms with E-state index >= 15 is 0 Å². The molecule has 8 aromatic rings. The molecule has 7 nitrogen and oxygen atoms in total. The van der Waals surface area contributed by atoms with Gasteiger partial charge in [0, 0.05) is 47.8 Å². The monoisotopic (exact) mass is 793 g/mol. The zero-order valence-corrected chi connectivity index (χ0v) is 27.3. The van der Waals surface area contributed by atoms with E-state index in [1.54, 1.807) is 42.7 Å². The first-order valence-corrected chi connectivity index (χ1v) is 14.0. The molecule has 0 aliphatic carbocycles. The number of fused-ring (bicyclic) bond motifs is 3. The topological polar surface area (TPSA) is 75.0 Å². The molecule has 0 atom stereocenters. The van der Waals surface area contributed by atoms with Gasteiger partial charge in [-0.25, -0.2) is 9.97 Å². The number of benzene rings is 4. The molecule has 4 aromatic carbocycles. The fourth-order valence-corrected chi connectivity index (χ4v) is 5.06. The van der Waals surface area contributed by atoms with E-state index in [2.05, 4.69) is 44.2 Å². The number of ether oxygens (including phenoxy) is 2. The smallest absolute Gasteiger partial charge is 0.503 e. The van der Waals surface area contributed by atoms with Crippen molar-refractivity contribution in [1.29, 1.82) is 0 Å². The number of hydrogen-bond acceptors (Lipinski definition) is 6. The molecule has 0 bridgehead atoms. The van der Waals surface area contributed by atoms with Crippen LogP contribution in [0.15, 0.2) is 128 Å². The maximum Gasteiger partial charge on any atom is 2.00 e. The Kier molecular flexibility index (Phi) is 8.87. The second-order valence-corrected chi connectivity index (χ2v) is 9.90. The van der Waals surface area contributed by atoms with Gasteiger partial charge in [-0.2, -0.15) is 22.9 Å². The van der Waals surface area contributed by atoms with E-state index in [9.17, 15) is 0 Å². The fraction of sp³-hybridized carbons (Fsp3) is 0.